The van der Waals surface area contributed by atoms with Crippen LogP contribution in [0.4, 0.5) is 0 Å². The zero-order chi connectivity index (χ0) is 26.8. The van der Waals surface area contributed by atoms with Crippen molar-refractivity contribution in [2.24, 2.45) is 0 Å². The van der Waals surface area contributed by atoms with Gasteiger partial charge in [-0.05, 0) is 30.5 Å². The zero-order valence-corrected chi connectivity index (χ0v) is 24.1. The molecule has 4 heteroatoms. The van der Waals surface area contributed by atoms with E-state index in [1.54, 1.807) is 0 Å². The van der Waals surface area contributed by atoms with Gasteiger partial charge in [-0.2, -0.15) is 0 Å². The van der Waals surface area contributed by atoms with Crippen LogP contribution in [0, 0.1) is 0 Å². The van der Waals surface area contributed by atoms with Crippen LogP contribution < -0.4 is 4.74 Å². The molecule has 0 bridgehead atoms. The molecule has 0 radical (unpaired) electrons. The van der Waals surface area contributed by atoms with Crippen LogP contribution in [0.25, 0.3) is 0 Å². The standard InChI is InChI=1S/C33H52NO3/c1-5-7-8-9-10-11-12-13-15-20-29-23-18-24-31(27-29)36-25-19-26-37-33(35)32(6-2)34(3,4)28-30-21-16-14-17-22-30/h14,16-18,21-24,27,32H,5-13,15,19-20,25-26,28H2,1-4H3/q+1. The molecule has 0 aromatic heterocycles. The molecule has 2 aromatic rings. The Bertz CT molecular complexity index is 865. The average Bonchev–Trinajstić information content (AvgIpc) is 2.88. The summed E-state index contributed by atoms with van der Waals surface area (Å²) in [6.07, 6.45) is 14.7. The first-order valence-corrected chi connectivity index (χ1v) is 14.7. The van der Waals surface area contributed by atoms with E-state index in [0.29, 0.717) is 24.1 Å². The average molecular weight is 511 g/mol. The fourth-order valence-electron chi connectivity index (χ4n) is 5.06. The van der Waals surface area contributed by atoms with Crippen molar-refractivity contribution in [1.29, 1.82) is 0 Å². The monoisotopic (exact) mass is 510 g/mol. The maximum absolute atomic E-state index is 12.8. The lowest BCUT2D eigenvalue weighted by molar-refractivity contribution is -0.919. The lowest BCUT2D eigenvalue weighted by atomic mass is 10.0. The first-order valence-electron chi connectivity index (χ1n) is 14.7. The topological polar surface area (TPSA) is 35.5 Å². The Morgan fingerprint density at radius 3 is 2.08 bits per heavy atom. The fraction of sp³-hybridized carbons (Fsp3) is 0.606. The molecule has 1 unspecified atom stereocenters. The smallest absolute Gasteiger partial charge is 0.364 e. The lowest BCUT2D eigenvalue weighted by Gasteiger charge is -2.36. The molecule has 2 rings (SSSR count). The molecule has 0 aliphatic carbocycles. The number of nitrogens with zero attached hydrogens (tertiary/aromatic N) is 1. The van der Waals surface area contributed by atoms with Gasteiger partial charge >= 0.3 is 5.97 Å². The number of ether oxygens (including phenoxy) is 2. The number of carbonyl (C=O) groups is 1. The number of carbonyl (C=O) groups excluding carboxylic acids is 1. The number of hydrogen-bond acceptors (Lipinski definition) is 3. The van der Waals surface area contributed by atoms with Gasteiger partial charge in [0.15, 0.2) is 6.04 Å². The van der Waals surface area contributed by atoms with E-state index >= 15 is 0 Å². The number of hydrogen-bond donors (Lipinski definition) is 0. The molecular formula is C33H52NO3+. The molecule has 0 aliphatic heterocycles. The summed E-state index contributed by atoms with van der Waals surface area (Å²) in [5.41, 5.74) is 2.57. The van der Waals surface area contributed by atoms with Crippen molar-refractivity contribution in [3.05, 3.63) is 65.7 Å². The Morgan fingerprint density at radius 2 is 1.41 bits per heavy atom. The number of aryl methyl sites for hydroxylation is 1. The summed E-state index contributed by atoms with van der Waals surface area (Å²) >= 11 is 0. The molecular weight excluding hydrogens is 458 g/mol. The summed E-state index contributed by atoms with van der Waals surface area (Å²) in [4.78, 5) is 12.8. The van der Waals surface area contributed by atoms with Crippen molar-refractivity contribution in [2.75, 3.05) is 27.3 Å². The van der Waals surface area contributed by atoms with E-state index in [9.17, 15) is 4.79 Å². The molecule has 0 amide bonds. The summed E-state index contributed by atoms with van der Waals surface area (Å²) in [5.74, 6) is 0.790. The number of unbranched alkanes of at least 4 members (excludes halogenated alkanes) is 8. The second-order valence-corrected chi connectivity index (χ2v) is 10.9. The van der Waals surface area contributed by atoms with Crippen molar-refractivity contribution >= 4 is 5.97 Å². The normalized spacial score (nSPS) is 12.3. The minimum Gasteiger partial charge on any atom is -0.493 e. The zero-order valence-electron chi connectivity index (χ0n) is 24.1. The molecule has 0 spiro atoms. The van der Waals surface area contributed by atoms with Gasteiger partial charge in [0.1, 0.15) is 12.3 Å². The Labute approximate surface area is 227 Å². The predicted molar refractivity (Wildman–Crippen MR) is 155 cm³/mol. The first kappa shape index (κ1) is 30.9. The molecule has 0 N–H and O–H groups in total. The highest BCUT2D eigenvalue weighted by molar-refractivity contribution is 5.74. The maximum Gasteiger partial charge on any atom is 0.364 e. The summed E-state index contributed by atoms with van der Waals surface area (Å²) in [7, 11) is 4.21. The van der Waals surface area contributed by atoms with Gasteiger partial charge in [0.05, 0.1) is 27.3 Å². The summed E-state index contributed by atoms with van der Waals surface area (Å²) in [5, 5.41) is 0. The van der Waals surface area contributed by atoms with Crippen molar-refractivity contribution in [1.82, 2.24) is 0 Å². The molecule has 0 saturated carbocycles. The van der Waals surface area contributed by atoms with Gasteiger partial charge in [-0.1, -0.05) is 108 Å². The first-order chi connectivity index (χ1) is 18.0. The molecule has 0 fully saturated rings. The molecule has 2 aromatic carbocycles. The number of rotatable bonds is 20. The van der Waals surface area contributed by atoms with Crippen LogP contribution in [0.3, 0.4) is 0 Å². The largest absolute Gasteiger partial charge is 0.493 e. The van der Waals surface area contributed by atoms with Crippen LogP contribution in [0.1, 0.15) is 95.6 Å². The van der Waals surface area contributed by atoms with E-state index in [4.69, 9.17) is 9.47 Å². The van der Waals surface area contributed by atoms with Gasteiger partial charge in [-0.25, -0.2) is 4.79 Å². The van der Waals surface area contributed by atoms with Crippen LogP contribution in [0.2, 0.25) is 0 Å². The molecule has 0 saturated heterocycles. The molecule has 1 atom stereocenters. The van der Waals surface area contributed by atoms with Gasteiger partial charge < -0.3 is 14.0 Å². The molecule has 37 heavy (non-hydrogen) atoms. The van der Waals surface area contributed by atoms with Gasteiger partial charge in [-0.15, -0.1) is 0 Å². The second-order valence-electron chi connectivity index (χ2n) is 10.9. The fourth-order valence-corrected chi connectivity index (χ4v) is 5.06. The van der Waals surface area contributed by atoms with E-state index < -0.39 is 0 Å². The Hall–Kier alpha value is -2.33. The number of likely N-dealkylation sites (N-methyl/N-ethyl adjacent to an activating group) is 1. The van der Waals surface area contributed by atoms with E-state index in [0.717, 1.165) is 25.1 Å². The van der Waals surface area contributed by atoms with E-state index in [2.05, 4.69) is 58.3 Å². The number of quaternary nitrogens is 1. The van der Waals surface area contributed by atoms with Gasteiger partial charge in [0.25, 0.3) is 0 Å². The third-order valence-corrected chi connectivity index (χ3v) is 7.20. The maximum atomic E-state index is 12.8. The summed E-state index contributed by atoms with van der Waals surface area (Å²) < 4.78 is 12.2. The molecule has 4 nitrogen and oxygen atoms in total. The van der Waals surface area contributed by atoms with Crippen molar-refractivity contribution in [2.45, 2.75) is 103 Å². The van der Waals surface area contributed by atoms with Gasteiger partial charge in [0.2, 0.25) is 0 Å². The van der Waals surface area contributed by atoms with Crippen LogP contribution in [0.5, 0.6) is 5.75 Å². The lowest BCUT2D eigenvalue weighted by Crippen LogP contribution is -2.52. The number of esters is 1. The van der Waals surface area contributed by atoms with Crippen LogP contribution in [0.15, 0.2) is 54.6 Å². The Kier molecular flexibility index (Phi) is 15.0. The minimum atomic E-state index is -0.182. The second kappa shape index (κ2) is 18.0. The van der Waals surface area contributed by atoms with Crippen LogP contribution >= 0.6 is 0 Å². The van der Waals surface area contributed by atoms with Crippen LogP contribution in [-0.2, 0) is 22.5 Å². The van der Waals surface area contributed by atoms with Crippen LogP contribution in [-0.4, -0.2) is 43.8 Å². The number of benzene rings is 2. The SMILES string of the molecule is CCCCCCCCCCCc1cccc(OCCCOC(=O)C(CC)[N+](C)(C)Cc2ccccc2)c1. The van der Waals surface area contributed by atoms with E-state index in [1.807, 2.05) is 24.3 Å². The third kappa shape index (κ3) is 12.6. The van der Waals surface area contributed by atoms with E-state index in [1.165, 1.54) is 68.9 Å². The Morgan fingerprint density at radius 1 is 0.757 bits per heavy atom. The molecule has 0 heterocycles. The van der Waals surface area contributed by atoms with E-state index in [-0.39, 0.29) is 12.0 Å². The highest BCUT2D eigenvalue weighted by Crippen LogP contribution is 2.19. The van der Waals surface area contributed by atoms with Gasteiger partial charge in [-0.3, -0.25) is 0 Å². The Balaban J connectivity index is 1.62. The highest BCUT2D eigenvalue weighted by Gasteiger charge is 2.34. The molecule has 0 aliphatic rings. The van der Waals surface area contributed by atoms with Crippen molar-refractivity contribution in [3.8, 4) is 5.75 Å². The summed E-state index contributed by atoms with van der Waals surface area (Å²) in [6.45, 7) is 6.06. The quantitative estimate of drug-likeness (QED) is 0.102. The van der Waals surface area contributed by atoms with Gasteiger partial charge in [0, 0.05) is 18.4 Å². The predicted octanol–water partition coefficient (Wildman–Crippen LogP) is 8.13. The minimum absolute atomic E-state index is 0.119. The van der Waals surface area contributed by atoms with Crippen molar-refractivity contribution in [3.63, 3.8) is 0 Å². The summed E-state index contributed by atoms with van der Waals surface area (Å²) in [6, 6.07) is 18.6. The highest BCUT2D eigenvalue weighted by atomic mass is 16.5. The third-order valence-electron chi connectivity index (χ3n) is 7.20. The van der Waals surface area contributed by atoms with Crippen molar-refractivity contribution < 1.29 is 18.8 Å². The molecule has 206 valence electrons.